The van der Waals surface area contributed by atoms with Crippen molar-refractivity contribution in [3.05, 3.63) is 0 Å². The molecular formula is C10H17N3O2. The van der Waals surface area contributed by atoms with Crippen molar-refractivity contribution in [2.24, 2.45) is 22.7 Å². The number of fused-ring (bicyclic) bond motifs is 2. The highest BCUT2D eigenvalue weighted by molar-refractivity contribution is 5.98. The van der Waals surface area contributed by atoms with E-state index in [-0.39, 0.29) is 18.2 Å². The molecule has 2 fully saturated rings. The molecule has 0 aromatic carbocycles. The van der Waals surface area contributed by atoms with Crippen molar-refractivity contribution in [1.82, 2.24) is 5.32 Å². The molecule has 2 aliphatic carbocycles. The summed E-state index contributed by atoms with van der Waals surface area (Å²) in [6.07, 6.45) is 4.90. The van der Waals surface area contributed by atoms with Crippen LogP contribution in [0.15, 0.2) is 5.16 Å². The topological polar surface area (TPSA) is 87.7 Å². The van der Waals surface area contributed by atoms with Gasteiger partial charge in [-0.2, -0.15) is 0 Å². The second-order valence-electron chi connectivity index (χ2n) is 4.62. The number of amides is 1. The molecule has 0 saturated heterocycles. The van der Waals surface area contributed by atoms with Crippen LogP contribution in [0.5, 0.6) is 0 Å². The highest BCUT2D eigenvalue weighted by atomic mass is 16.4. The van der Waals surface area contributed by atoms with Gasteiger partial charge in [0, 0.05) is 6.04 Å². The summed E-state index contributed by atoms with van der Waals surface area (Å²) in [6.45, 7) is 0. The van der Waals surface area contributed by atoms with Crippen LogP contribution < -0.4 is 11.1 Å². The Balaban J connectivity index is 1.80. The number of hydrogen-bond donors (Lipinski definition) is 3. The van der Waals surface area contributed by atoms with Crippen molar-refractivity contribution in [3.63, 3.8) is 0 Å². The van der Waals surface area contributed by atoms with E-state index in [0.717, 1.165) is 12.3 Å². The summed E-state index contributed by atoms with van der Waals surface area (Å²) < 4.78 is 0. The van der Waals surface area contributed by atoms with Gasteiger partial charge in [-0.1, -0.05) is 11.6 Å². The van der Waals surface area contributed by atoms with Gasteiger partial charge in [0.25, 0.3) is 0 Å². The van der Waals surface area contributed by atoms with Crippen LogP contribution in [0.1, 0.15) is 32.1 Å². The van der Waals surface area contributed by atoms with E-state index in [0.29, 0.717) is 12.0 Å². The van der Waals surface area contributed by atoms with Crippen LogP contribution in [0.2, 0.25) is 0 Å². The number of hydrogen-bond acceptors (Lipinski definition) is 3. The molecule has 3 atom stereocenters. The molecular weight excluding hydrogens is 194 g/mol. The maximum atomic E-state index is 11.5. The Morgan fingerprint density at radius 1 is 1.47 bits per heavy atom. The SMILES string of the molecule is NC(CC(=O)NC1CC2CCC1C2)=NO. The zero-order valence-electron chi connectivity index (χ0n) is 8.65. The van der Waals surface area contributed by atoms with Crippen molar-refractivity contribution in [1.29, 1.82) is 0 Å². The van der Waals surface area contributed by atoms with Crippen LogP contribution in [0, 0.1) is 11.8 Å². The summed E-state index contributed by atoms with van der Waals surface area (Å²) in [6, 6.07) is 0.322. The average Bonchev–Trinajstić information content (AvgIpc) is 2.78. The average molecular weight is 211 g/mol. The summed E-state index contributed by atoms with van der Waals surface area (Å²) >= 11 is 0. The highest BCUT2D eigenvalue weighted by Gasteiger charge is 2.39. The van der Waals surface area contributed by atoms with E-state index >= 15 is 0 Å². The predicted octanol–water partition coefficient (Wildman–Crippen LogP) is 0.428. The van der Waals surface area contributed by atoms with Gasteiger partial charge in [-0.25, -0.2) is 0 Å². The van der Waals surface area contributed by atoms with Gasteiger partial charge in [0.2, 0.25) is 5.91 Å². The van der Waals surface area contributed by atoms with Crippen LogP contribution >= 0.6 is 0 Å². The Morgan fingerprint density at radius 2 is 2.27 bits per heavy atom. The van der Waals surface area contributed by atoms with Crippen molar-refractivity contribution >= 4 is 11.7 Å². The van der Waals surface area contributed by atoms with Gasteiger partial charge in [0.05, 0.1) is 6.42 Å². The number of carbonyl (C=O) groups excluding carboxylic acids is 1. The Labute approximate surface area is 88.7 Å². The Kier molecular flexibility index (Phi) is 2.79. The monoisotopic (exact) mass is 211 g/mol. The molecule has 84 valence electrons. The molecule has 0 aromatic heterocycles. The van der Waals surface area contributed by atoms with E-state index in [1.54, 1.807) is 0 Å². The summed E-state index contributed by atoms with van der Waals surface area (Å²) in [7, 11) is 0. The quantitative estimate of drug-likeness (QED) is 0.274. The second-order valence-corrected chi connectivity index (χ2v) is 4.62. The molecule has 0 spiro atoms. The third-order valence-corrected chi connectivity index (χ3v) is 3.55. The number of rotatable bonds is 3. The van der Waals surface area contributed by atoms with Crippen LogP contribution in [-0.4, -0.2) is 23.0 Å². The van der Waals surface area contributed by atoms with E-state index in [1.165, 1.54) is 19.3 Å². The maximum absolute atomic E-state index is 11.5. The first-order valence-corrected chi connectivity index (χ1v) is 5.45. The molecule has 1 amide bonds. The Morgan fingerprint density at radius 3 is 2.80 bits per heavy atom. The Hall–Kier alpha value is -1.26. The predicted molar refractivity (Wildman–Crippen MR) is 55.4 cm³/mol. The fourth-order valence-corrected chi connectivity index (χ4v) is 2.88. The second kappa shape index (κ2) is 4.08. The number of oxime groups is 1. The molecule has 3 unspecified atom stereocenters. The normalized spacial score (nSPS) is 34.4. The minimum atomic E-state index is -0.136. The molecule has 2 rings (SSSR count). The van der Waals surface area contributed by atoms with Crippen molar-refractivity contribution in [2.75, 3.05) is 0 Å². The van der Waals surface area contributed by atoms with Crippen LogP contribution in [0.3, 0.4) is 0 Å². The first-order chi connectivity index (χ1) is 7.19. The lowest BCUT2D eigenvalue weighted by atomic mass is 9.95. The minimum Gasteiger partial charge on any atom is -0.409 e. The highest BCUT2D eigenvalue weighted by Crippen LogP contribution is 2.44. The first kappa shape index (κ1) is 10.3. The lowest BCUT2D eigenvalue weighted by Crippen LogP contribution is -2.40. The third-order valence-electron chi connectivity index (χ3n) is 3.55. The first-order valence-electron chi connectivity index (χ1n) is 5.45. The van der Waals surface area contributed by atoms with Gasteiger partial charge >= 0.3 is 0 Å². The van der Waals surface area contributed by atoms with E-state index in [2.05, 4.69) is 10.5 Å². The molecule has 0 aromatic rings. The molecule has 5 nitrogen and oxygen atoms in total. The zero-order chi connectivity index (χ0) is 10.8. The van der Waals surface area contributed by atoms with Gasteiger partial charge < -0.3 is 16.3 Å². The molecule has 0 heterocycles. The van der Waals surface area contributed by atoms with Gasteiger partial charge in [-0.05, 0) is 31.1 Å². The van der Waals surface area contributed by atoms with E-state index < -0.39 is 0 Å². The number of amidine groups is 1. The molecule has 5 heteroatoms. The largest absolute Gasteiger partial charge is 0.409 e. The number of carbonyl (C=O) groups is 1. The number of nitrogens with one attached hydrogen (secondary N) is 1. The minimum absolute atomic E-state index is 0.00954. The molecule has 2 saturated carbocycles. The fraction of sp³-hybridized carbons (Fsp3) is 0.800. The maximum Gasteiger partial charge on any atom is 0.227 e. The van der Waals surface area contributed by atoms with Gasteiger partial charge in [-0.15, -0.1) is 0 Å². The number of nitrogens with zero attached hydrogens (tertiary/aromatic N) is 1. The lowest BCUT2D eigenvalue weighted by Gasteiger charge is -2.22. The molecule has 2 bridgehead atoms. The van der Waals surface area contributed by atoms with Crippen LogP contribution in [0.4, 0.5) is 0 Å². The van der Waals surface area contributed by atoms with Crippen LogP contribution in [-0.2, 0) is 4.79 Å². The summed E-state index contributed by atoms with van der Waals surface area (Å²) in [4.78, 5) is 11.5. The van der Waals surface area contributed by atoms with Gasteiger partial charge in [-0.3, -0.25) is 4.79 Å². The Bertz CT molecular complexity index is 290. The molecule has 2 aliphatic rings. The van der Waals surface area contributed by atoms with E-state index in [9.17, 15) is 4.79 Å². The summed E-state index contributed by atoms with van der Waals surface area (Å²) in [5.74, 6) is 1.30. The smallest absolute Gasteiger partial charge is 0.227 e. The van der Waals surface area contributed by atoms with Crippen molar-refractivity contribution in [2.45, 2.75) is 38.1 Å². The summed E-state index contributed by atoms with van der Waals surface area (Å²) in [5.41, 5.74) is 5.26. The standard InChI is InChI=1S/C10H17N3O2/c11-9(13-15)5-10(14)12-8-4-6-1-2-7(8)3-6/h6-8,15H,1-5H2,(H2,11,13)(H,12,14). The van der Waals surface area contributed by atoms with Crippen molar-refractivity contribution in [3.8, 4) is 0 Å². The molecule has 15 heavy (non-hydrogen) atoms. The fourth-order valence-electron chi connectivity index (χ4n) is 2.88. The zero-order valence-corrected chi connectivity index (χ0v) is 8.65. The molecule has 0 radical (unpaired) electrons. The molecule has 0 aliphatic heterocycles. The van der Waals surface area contributed by atoms with Crippen LogP contribution in [0.25, 0.3) is 0 Å². The van der Waals surface area contributed by atoms with Crippen molar-refractivity contribution < 1.29 is 10.0 Å². The van der Waals surface area contributed by atoms with Gasteiger partial charge in [0.15, 0.2) is 0 Å². The number of nitrogens with two attached hydrogens (primary N) is 1. The molecule has 4 N–H and O–H groups in total. The van der Waals surface area contributed by atoms with E-state index in [1.807, 2.05) is 0 Å². The lowest BCUT2D eigenvalue weighted by molar-refractivity contribution is -0.121. The van der Waals surface area contributed by atoms with Gasteiger partial charge in [0.1, 0.15) is 5.84 Å². The summed E-state index contributed by atoms with van der Waals surface area (Å²) in [5, 5.41) is 14.1. The third kappa shape index (κ3) is 2.22. The van der Waals surface area contributed by atoms with E-state index in [4.69, 9.17) is 10.9 Å².